The Hall–Kier alpha value is -2.49. The van der Waals surface area contributed by atoms with Crippen molar-refractivity contribution in [3.8, 4) is 28.1 Å². The maximum atomic E-state index is 5.82. The zero-order valence-electron chi connectivity index (χ0n) is 16.4. The minimum atomic E-state index is 0.0114. The molecule has 152 valence electrons. The van der Waals surface area contributed by atoms with E-state index in [1.807, 2.05) is 41.5 Å². The fourth-order valence-electron chi connectivity index (χ4n) is 3.21. The van der Waals surface area contributed by atoms with Gasteiger partial charge in [0.15, 0.2) is 6.79 Å². The van der Waals surface area contributed by atoms with E-state index in [2.05, 4.69) is 20.3 Å². The molecule has 3 aromatic rings. The number of hydrogen-bond donors (Lipinski definition) is 0. The van der Waals surface area contributed by atoms with Crippen LogP contribution in [0.3, 0.4) is 0 Å². The number of methoxy groups -OCH3 is 1. The molecule has 8 nitrogen and oxygen atoms in total. The smallest absolute Gasteiger partial charge is 0.208 e. The topological polar surface area (TPSA) is 84.2 Å². The Morgan fingerprint density at radius 1 is 1.21 bits per heavy atom. The zero-order chi connectivity index (χ0) is 20.1. The Bertz CT molecular complexity index is 942. The number of rotatable bonds is 7. The summed E-state index contributed by atoms with van der Waals surface area (Å²) in [6.45, 7) is 0.920. The second-order valence-electron chi connectivity index (χ2n) is 6.62. The van der Waals surface area contributed by atoms with E-state index in [0.29, 0.717) is 16.6 Å². The monoisotopic (exact) mass is 413 g/mol. The summed E-state index contributed by atoms with van der Waals surface area (Å²) < 4.78 is 18.6. The summed E-state index contributed by atoms with van der Waals surface area (Å²) in [6.07, 6.45) is 10.7. The van der Waals surface area contributed by atoms with E-state index in [4.69, 9.17) is 14.2 Å². The first kappa shape index (κ1) is 19.8. The van der Waals surface area contributed by atoms with Gasteiger partial charge in [-0.2, -0.15) is 5.10 Å². The molecule has 0 radical (unpaired) electrons. The van der Waals surface area contributed by atoms with Gasteiger partial charge in [-0.1, -0.05) is 17.8 Å². The zero-order valence-corrected chi connectivity index (χ0v) is 17.3. The molecule has 0 N–H and O–H groups in total. The quantitative estimate of drug-likeness (QED) is 0.427. The highest BCUT2D eigenvalue weighted by atomic mass is 32.2. The third-order valence-electron chi connectivity index (χ3n) is 4.70. The van der Waals surface area contributed by atoms with E-state index < -0.39 is 0 Å². The predicted molar refractivity (Wildman–Crippen MR) is 110 cm³/mol. The second-order valence-corrected chi connectivity index (χ2v) is 7.40. The molecule has 0 saturated carbocycles. The van der Waals surface area contributed by atoms with Crippen molar-refractivity contribution in [2.45, 2.75) is 30.6 Å². The number of benzene rings is 1. The first-order valence-electron chi connectivity index (χ1n) is 9.44. The van der Waals surface area contributed by atoms with Crippen LogP contribution in [-0.2, 0) is 9.47 Å². The Morgan fingerprint density at radius 3 is 2.86 bits per heavy atom. The fourth-order valence-corrected chi connectivity index (χ4v) is 3.49. The van der Waals surface area contributed by atoms with E-state index in [9.17, 15) is 0 Å². The molecule has 0 aliphatic carbocycles. The number of thioether (sulfide) groups is 1. The molecule has 1 aromatic carbocycles. The van der Waals surface area contributed by atoms with Gasteiger partial charge in [0, 0.05) is 31.0 Å². The maximum Gasteiger partial charge on any atom is 0.208 e. The van der Waals surface area contributed by atoms with Gasteiger partial charge in [0.1, 0.15) is 17.7 Å². The van der Waals surface area contributed by atoms with Gasteiger partial charge >= 0.3 is 0 Å². The maximum absolute atomic E-state index is 5.82. The largest absolute Gasteiger partial charge is 0.467 e. The molecule has 1 saturated heterocycles. The Kier molecular flexibility index (Phi) is 6.38. The molecule has 0 amide bonds. The standard InChI is InChI=1S/C20H23N5O3S/c1-26-13-28-18-9-14(6-7-16(18)17-11-21-20(29-2)24-23-17)15-10-22-25(12-15)19-5-3-4-8-27-19/h6-7,9-12,19H,3-5,8,13H2,1-2H3. The number of hydrogen-bond acceptors (Lipinski definition) is 8. The lowest BCUT2D eigenvalue weighted by Crippen LogP contribution is -2.18. The highest BCUT2D eigenvalue weighted by Crippen LogP contribution is 2.34. The summed E-state index contributed by atoms with van der Waals surface area (Å²) in [5, 5.41) is 13.5. The van der Waals surface area contributed by atoms with Gasteiger partial charge in [-0.3, -0.25) is 0 Å². The van der Waals surface area contributed by atoms with E-state index in [-0.39, 0.29) is 13.0 Å². The molecule has 0 spiro atoms. The first-order valence-corrected chi connectivity index (χ1v) is 10.7. The normalized spacial score (nSPS) is 16.7. The molecule has 1 atom stereocenters. The van der Waals surface area contributed by atoms with Crippen molar-refractivity contribution in [3.05, 3.63) is 36.8 Å². The van der Waals surface area contributed by atoms with Crippen LogP contribution < -0.4 is 4.74 Å². The van der Waals surface area contributed by atoms with Gasteiger partial charge in [0.25, 0.3) is 0 Å². The predicted octanol–water partition coefficient (Wildman–Crippen LogP) is 3.81. The molecule has 2 aromatic heterocycles. The lowest BCUT2D eigenvalue weighted by molar-refractivity contribution is -0.0394. The van der Waals surface area contributed by atoms with Gasteiger partial charge in [0.05, 0.1) is 12.4 Å². The Morgan fingerprint density at radius 2 is 2.14 bits per heavy atom. The lowest BCUT2D eigenvalue weighted by Gasteiger charge is -2.22. The van der Waals surface area contributed by atoms with Crippen LogP contribution in [0.2, 0.25) is 0 Å². The third-order valence-corrected chi connectivity index (χ3v) is 5.25. The molecule has 1 fully saturated rings. The Labute approximate surface area is 173 Å². The summed E-state index contributed by atoms with van der Waals surface area (Å²) >= 11 is 1.45. The summed E-state index contributed by atoms with van der Waals surface area (Å²) in [7, 11) is 1.59. The van der Waals surface area contributed by atoms with Crippen molar-refractivity contribution in [2.75, 3.05) is 26.8 Å². The molecular weight excluding hydrogens is 390 g/mol. The van der Waals surface area contributed by atoms with E-state index in [1.165, 1.54) is 11.8 Å². The summed E-state index contributed by atoms with van der Waals surface area (Å²) in [5.41, 5.74) is 3.44. The van der Waals surface area contributed by atoms with Crippen molar-refractivity contribution < 1.29 is 14.2 Å². The van der Waals surface area contributed by atoms with Gasteiger partial charge in [-0.15, -0.1) is 10.2 Å². The van der Waals surface area contributed by atoms with Crippen LogP contribution in [0.1, 0.15) is 25.5 Å². The summed E-state index contributed by atoms with van der Waals surface area (Å²) in [6, 6.07) is 5.93. The molecule has 0 bridgehead atoms. The van der Waals surface area contributed by atoms with Crippen LogP contribution in [0.15, 0.2) is 41.9 Å². The molecular formula is C20H23N5O3S. The van der Waals surface area contributed by atoms with E-state index >= 15 is 0 Å². The van der Waals surface area contributed by atoms with E-state index in [0.717, 1.165) is 42.6 Å². The minimum absolute atomic E-state index is 0.0114. The third kappa shape index (κ3) is 4.58. The van der Waals surface area contributed by atoms with Gasteiger partial charge in [-0.25, -0.2) is 9.67 Å². The van der Waals surface area contributed by atoms with Crippen molar-refractivity contribution in [1.29, 1.82) is 0 Å². The van der Waals surface area contributed by atoms with Crippen LogP contribution in [0, 0.1) is 0 Å². The van der Waals surface area contributed by atoms with E-state index in [1.54, 1.807) is 13.3 Å². The summed E-state index contributed by atoms with van der Waals surface area (Å²) in [4.78, 5) is 4.31. The Balaban J connectivity index is 1.63. The van der Waals surface area contributed by atoms with Crippen LogP contribution in [0.25, 0.3) is 22.4 Å². The molecule has 9 heteroatoms. The highest BCUT2D eigenvalue weighted by molar-refractivity contribution is 7.98. The molecule has 4 rings (SSSR count). The SMILES string of the molecule is COCOc1cc(-c2cnn(C3CCCCO3)c2)ccc1-c1cnc(SC)nn1. The van der Waals surface area contributed by atoms with Crippen LogP contribution in [-0.4, -0.2) is 51.7 Å². The van der Waals surface area contributed by atoms with Gasteiger partial charge in [0.2, 0.25) is 5.16 Å². The number of aromatic nitrogens is 5. The van der Waals surface area contributed by atoms with Crippen molar-refractivity contribution in [2.24, 2.45) is 0 Å². The fraction of sp³-hybridized carbons (Fsp3) is 0.400. The minimum Gasteiger partial charge on any atom is -0.467 e. The average molecular weight is 414 g/mol. The van der Waals surface area contributed by atoms with Gasteiger partial charge < -0.3 is 14.2 Å². The first-order chi connectivity index (χ1) is 14.3. The molecule has 3 heterocycles. The van der Waals surface area contributed by atoms with Crippen molar-refractivity contribution >= 4 is 11.8 Å². The van der Waals surface area contributed by atoms with Crippen molar-refractivity contribution in [3.63, 3.8) is 0 Å². The van der Waals surface area contributed by atoms with Crippen LogP contribution in [0.4, 0.5) is 0 Å². The van der Waals surface area contributed by atoms with Crippen LogP contribution in [0.5, 0.6) is 5.75 Å². The molecule has 29 heavy (non-hydrogen) atoms. The second kappa shape index (κ2) is 9.34. The number of nitrogens with zero attached hydrogens (tertiary/aromatic N) is 5. The molecule has 1 aliphatic heterocycles. The van der Waals surface area contributed by atoms with Crippen LogP contribution >= 0.6 is 11.8 Å². The average Bonchev–Trinajstić information content (AvgIpc) is 3.28. The molecule has 1 aliphatic rings. The lowest BCUT2D eigenvalue weighted by atomic mass is 10.0. The van der Waals surface area contributed by atoms with Gasteiger partial charge in [-0.05, 0) is 43.2 Å². The summed E-state index contributed by atoms with van der Waals surface area (Å²) in [5.74, 6) is 0.652. The molecule has 1 unspecified atom stereocenters. The highest BCUT2D eigenvalue weighted by Gasteiger charge is 2.18. The number of ether oxygens (including phenoxy) is 3. The van der Waals surface area contributed by atoms with Crippen molar-refractivity contribution in [1.82, 2.24) is 25.0 Å².